The number of benzene rings is 2. The maximum absolute atomic E-state index is 6.02. The summed E-state index contributed by atoms with van der Waals surface area (Å²) in [6.07, 6.45) is 3.50. The quantitative estimate of drug-likeness (QED) is 0.311. The molecule has 0 N–H and O–H groups in total. The molecule has 0 radical (unpaired) electrons. The fraction of sp³-hybridized carbons (Fsp3) is 0.0741. The fourth-order valence-electron chi connectivity index (χ4n) is 3.46. The Balaban J connectivity index is 1.32. The van der Waals surface area contributed by atoms with Gasteiger partial charge in [-0.15, -0.1) is 0 Å². The first-order valence-electron chi connectivity index (χ1n) is 10.4. The molecule has 2 aromatic carbocycles. The van der Waals surface area contributed by atoms with Crippen LogP contribution in [0.3, 0.4) is 0 Å². The summed E-state index contributed by atoms with van der Waals surface area (Å²) < 4.78 is 11.9. The van der Waals surface area contributed by atoms with Crippen molar-refractivity contribution in [3.05, 3.63) is 103 Å². The highest BCUT2D eigenvalue weighted by molar-refractivity contribution is 5.83. The Morgan fingerprint density at radius 1 is 0.500 bits per heavy atom. The topological polar surface area (TPSA) is 57.1 Å². The Hall–Kier alpha value is -4.25. The molecule has 0 aliphatic rings. The fourth-order valence-corrected chi connectivity index (χ4v) is 3.46. The zero-order valence-corrected chi connectivity index (χ0v) is 17.4. The molecule has 5 rings (SSSR count). The van der Waals surface area contributed by atoms with E-state index in [1.807, 2.05) is 72.8 Å². The van der Waals surface area contributed by atoms with Crippen molar-refractivity contribution in [1.29, 1.82) is 0 Å². The molecule has 0 amide bonds. The molecule has 0 fully saturated rings. The van der Waals surface area contributed by atoms with Crippen molar-refractivity contribution in [2.45, 2.75) is 0 Å². The smallest absolute Gasteiger partial charge is 0.123 e. The highest BCUT2D eigenvalue weighted by Gasteiger charge is 2.10. The van der Waals surface area contributed by atoms with Gasteiger partial charge in [-0.1, -0.05) is 42.5 Å². The minimum Gasteiger partial charge on any atom is -0.490 e. The van der Waals surface area contributed by atoms with Crippen molar-refractivity contribution in [2.24, 2.45) is 0 Å². The molecule has 0 saturated carbocycles. The monoisotopic (exact) mass is 419 g/mol. The number of pyridine rings is 3. The lowest BCUT2D eigenvalue weighted by molar-refractivity contribution is 0.217. The average Bonchev–Trinajstić information content (AvgIpc) is 2.87. The van der Waals surface area contributed by atoms with Gasteiger partial charge in [0.1, 0.15) is 24.7 Å². The van der Waals surface area contributed by atoms with Gasteiger partial charge in [0.2, 0.25) is 0 Å². The molecule has 0 spiro atoms. The van der Waals surface area contributed by atoms with Crippen molar-refractivity contribution >= 4 is 10.8 Å². The van der Waals surface area contributed by atoms with Crippen LogP contribution in [-0.4, -0.2) is 28.2 Å². The molecule has 5 aromatic rings. The first-order chi connectivity index (χ1) is 15.8. The largest absolute Gasteiger partial charge is 0.490 e. The number of hydrogen-bond donors (Lipinski definition) is 0. The third kappa shape index (κ3) is 4.57. The maximum Gasteiger partial charge on any atom is 0.123 e. The number of hydrogen-bond acceptors (Lipinski definition) is 5. The highest BCUT2D eigenvalue weighted by atomic mass is 16.5. The van der Waals surface area contributed by atoms with E-state index < -0.39 is 0 Å². The van der Waals surface area contributed by atoms with E-state index in [2.05, 4.69) is 28.2 Å². The summed E-state index contributed by atoms with van der Waals surface area (Å²) in [5.74, 6) is 1.52. The lowest BCUT2D eigenvalue weighted by Gasteiger charge is -2.12. The number of nitrogens with zero attached hydrogens (tertiary/aromatic N) is 3. The van der Waals surface area contributed by atoms with Gasteiger partial charge in [0, 0.05) is 24.5 Å². The van der Waals surface area contributed by atoms with Gasteiger partial charge in [0.15, 0.2) is 0 Å². The lowest BCUT2D eigenvalue weighted by atomic mass is 10.1. The third-order valence-corrected chi connectivity index (χ3v) is 5.00. The molecule has 156 valence electrons. The van der Waals surface area contributed by atoms with Gasteiger partial charge in [-0.05, 0) is 47.2 Å². The predicted molar refractivity (Wildman–Crippen MR) is 126 cm³/mol. The van der Waals surface area contributed by atoms with Crippen molar-refractivity contribution in [3.8, 4) is 34.3 Å². The normalized spacial score (nSPS) is 10.8. The SMILES string of the molecule is c1ccc(-c2cc(OCCOc3ccc4ccccc4c3)cc(-c3ccccn3)n2)nc1. The van der Waals surface area contributed by atoms with Gasteiger partial charge in [-0.3, -0.25) is 9.97 Å². The molecule has 0 bridgehead atoms. The van der Waals surface area contributed by atoms with Crippen molar-refractivity contribution in [2.75, 3.05) is 13.2 Å². The molecule has 32 heavy (non-hydrogen) atoms. The van der Waals surface area contributed by atoms with Crippen molar-refractivity contribution in [1.82, 2.24) is 15.0 Å². The van der Waals surface area contributed by atoms with E-state index in [4.69, 9.17) is 14.5 Å². The summed E-state index contributed by atoms with van der Waals surface area (Å²) >= 11 is 0. The highest BCUT2D eigenvalue weighted by Crippen LogP contribution is 2.26. The molecule has 0 aliphatic carbocycles. The van der Waals surface area contributed by atoms with Crippen LogP contribution in [-0.2, 0) is 0 Å². The number of aromatic nitrogens is 3. The Bertz CT molecular complexity index is 1270. The van der Waals surface area contributed by atoms with Gasteiger partial charge in [-0.2, -0.15) is 0 Å². The zero-order valence-electron chi connectivity index (χ0n) is 17.4. The number of ether oxygens (including phenoxy) is 2. The van der Waals surface area contributed by atoms with E-state index >= 15 is 0 Å². The summed E-state index contributed by atoms with van der Waals surface area (Å²) in [5.41, 5.74) is 3.03. The summed E-state index contributed by atoms with van der Waals surface area (Å²) in [6, 6.07) is 29.6. The van der Waals surface area contributed by atoms with E-state index in [0.717, 1.165) is 33.9 Å². The van der Waals surface area contributed by atoms with Gasteiger partial charge in [0.25, 0.3) is 0 Å². The van der Waals surface area contributed by atoms with Crippen molar-refractivity contribution in [3.63, 3.8) is 0 Å². The number of rotatable bonds is 7. The Labute approximate surface area is 186 Å². The first kappa shape index (κ1) is 19.7. The van der Waals surface area contributed by atoms with Crippen LogP contribution < -0.4 is 9.47 Å². The van der Waals surface area contributed by atoms with E-state index in [-0.39, 0.29) is 0 Å². The molecular formula is C27H21N3O2. The summed E-state index contributed by atoms with van der Waals surface area (Å²) in [5, 5.41) is 2.34. The van der Waals surface area contributed by atoms with Crippen LogP contribution >= 0.6 is 0 Å². The van der Waals surface area contributed by atoms with Crippen LogP contribution in [0.2, 0.25) is 0 Å². The molecule has 5 nitrogen and oxygen atoms in total. The second-order valence-corrected chi connectivity index (χ2v) is 7.21. The van der Waals surface area contributed by atoms with Crippen molar-refractivity contribution < 1.29 is 9.47 Å². The van der Waals surface area contributed by atoms with Gasteiger partial charge >= 0.3 is 0 Å². The minimum absolute atomic E-state index is 0.403. The second-order valence-electron chi connectivity index (χ2n) is 7.21. The predicted octanol–water partition coefficient (Wildman–Crippen LogP) is 5.82. The summed E-state index contributed by atoms with van der Waals surface area (Å²) in [4.78, 5) is 13.6. The van der Waals surface area contributed by atoms with E-state index in [1.54, 1.807) is 12.4 Å². The molecule has 0 aliphatic heterocycles. The van der Waals surface area contributed by atoms with Crippen LogP contribution in [0, 0.1) is 0 Å². The van der Waals surface area contributed by atoms with Gasteiger partial charge in [-0.25, -0.2) is 4.98 Å². The van der Waals surface area contributed by atoms with Crippen LogP contribution in [0.15, 0.2) is 103 Å². The molecular weight excluding hydrogens is 398 g/mol. The maximum atomic E-state index is 6.02. The Morgan fingerprint density at radius 3 is 1.72 bits per heavy atom. The van der Waals surface area contributed by atoms with Gasteiger partial charge in [0.05, 0.1) is 22.8 Å². The van der Waals surface area contributed by atoms with E-state index in [0.29, 0.717) is 19.0 Å². The lowest BCUT2D eigenvalue weighted by Crippen LogP contribution is -2.09. The Kier molecular flexibility index (Phi) is 5.70. The minimum atomic E-state index is 0.403. The molecule has 0 saturated heterocycles. The second kappa shape index (κ2) is 9.27. The average molecular weight is 419 g/mol. The molecule has 0 unspecified atom stereocenters. The summed E-state index contributed by atoms with van der Waals surface area (Å²) in [7, 11) is 0. The number of fused-ring (bicyclic) bond motifs is 1. The zero-order chi connectivity index (χ0) is 21.6. The summed E-state index contributed by atoms with van der Waals surface area (Å²) in [6.45, 7) is 0.832. The Morgan fingerprint density at radius 2 is 1.09 bits per heavy atom. The van der Waals surface area contributed by atoms with Gasteiger partial charge < -0.3 is 9.47 Å². The molecule has 5 heteroatoms. The third-order valence-electron chi connectivity index (χ3n) is 5.00. The molecule has 3 heterocycles. The van der Waals surface area contributed by atoms with Crippen LogP contribution in [0.5, 0.6) is 11.5 Å². The van der Waals surface area contributed by atoms with Crippen LogP contribution in [0.1, 0.15) is 0 Å². The van der Waals surface area contributed by atoms with E-state index in [9.17, 15) is 0 Å². The van der Waals surface area contributed by atoms with Crippen LogP contribution in [0.25, 0.3) is 33.5 Å². The van der Waals surface area contributed by atoms with E-state index in [1.165, 1.54) is 5.39 Å². The standard InChI is InChI=1S/C27H21N3O2/c1-2-8-21-17-22(12-11-20(21)7-1)31-15-16-32-23-18-26(24-9-3-5-13-28-24)30-27(19-23)25-10-4-6-14-29-25/h1-14,17-19H,15-16H2. The molecule has 0 atom stereocenters. The van der Waals surface area contributed by atoms with Crippen LogP contribution in [0.4, 0.5) is 0 Å². The first-order valence-corrected chi connectivity index (χ1v) is 10.4. The molecule has 3 aromatic heterocycles.